The average molecular weight is 403 g/mol. The molecule has 5 N–H and O–H groups in total. The second-order valence-electron chi connectivity index (χ2n) is 5.86. The van der Waals surface area contributed by atoms with Gasteiger partial charge in [0.25, 0.3) is 5.69 Å². The van der Waals surface area contributed by atoms with Crippen LogP contribution in [0.25, 0.3) is 0 Å². The van der Waals surface area contributed by atoms with Gasteiger partial charge in [-0.25, -0.2) is 4.79 Å². The number of carboxylic acid groups (broad SMARTS) is 1. The van der Waals surface area contributed by atoms with E-state index in [1.165, 1.54) is 36.4 Å². The quantitative estimate of drug-likeness (QED) is 0.251. The number of hydrogen-bond acceptors (Lipinski definition) is 7. The molecule has 0 radical (unpaired) electrons. The molecule has 152 valence electrons. The number of para-hydroxylation sites is 1. The zero-order valence-electron chi connectivity index (χ0n) is 14.8. The van der Waals surface area contributed by atoms with E-state index in [0.29, 0.717) is 0 Å². The number of aliphatic hydroxyl groups is 2. The van der Waals surface area contributed by atoms with Crippen molar-refractivity contribution in [1.82, 2.24) is 5.32 Å². The van der Waals surface area contributed by atoms with Crippen LogP contribution in [0.5, 0.6) is 0 Å². The maximum Gasteiger partial charge on any atom is 0.337 e. The van der Waals surface area contributed by atoms with E-state index >= 15 is 0 Å². The fraction of sp³-hybridized carbons (Fsp3) is 0.167. The fourth-order valence-corrected chi connectivity index (χ4v) is 2.44. The molecule has 0 unspecified atom stereocenters. The number of aromatic carboxylic acids is 1. The molecule has 2 aromatic rings. The zero-order valence-corrected chi connectivity index (χ0v) is 14.8. The van der Waals surface area contributed by atoms with Gasteiger partial charge in [0.1, 0.15) is 6.10 Å². The van der Waals surface area contributed by atoms with Gasteiger partial charge < -0.3 is 26.0 Å². The third-order valence-electron chi connectivity index (χ3n) is 3.95. The Labute approximate surface area is 163 Å². The number of benzene rings is 2. The van der Waals surface area contributed by atoms with Crippen LogP contribution in [0.3, 0.4) is 0 Å². The number of carbonyl (C=O) groups is 3. The topological polar surface area (TPSA) is 179 Å². The second kappa shape index (κ2) is 9.39. The normalized spacial score (nSPS) is 12.5. The summed E-state index contributed by atoms with van der Waals surface area (Å²) in [5.41, 5.74) is -0.358. The lowest BCUT2D eigenvalue weighted by Crippen LogP contribution is -2.46. The Morgan fingerprint density at radius 3 is 2.21 bits per heavy atom. The van der Waals surface area contributed by atoms with E-state index in [9.17, 15) is 34.7 Å². The standard InChI is InChI=1S/C18H17N3O8/c22-9-14(15(23)10-5-7-11(8-6-10)21(28)29)20-17(25)16(24)19-13-4-2-1-3-12(13)18(26)27/h1-8,14-15,22-23H,9H2,(H,19,24)(H,20,25)(H,26,27)/t14-,15-/m1/s1. The lowest BCUT2D eigenvalue weighted by atomic mass is 10.0. The third-order valence-corrected chi connectivity index (χ3v) is 3.95. The Balaban J connectivity index is 2.08. The highest BCUT2D eigenvalue weighted by Crippen LogP contribution is 2.20. The number of nitrogens with zero attached hydrogens (tertiary/aromatic N) is 1. The first-order valence-corrected chi connectivity index (χ1v) is 8.22. The lowest BCUT2D eigenvalue weighted by Gasteiger charge is -2.22. The number of carboxylic acids is 1. The summed E-state index contributed by atoms with van der Waals surface area (Å²) < 4.78 is 0. The smallest absolute Gasteiger partial charge is 0.337 e. The van der Waals surface area contributed by atoms with Crippen molar-refractivity contribution in [2.24, 2.45) is 0 Å². The average Bonchev–Trinajstić information content (AvgIpc) is 2.71. The third kappa shape index (κ3) is 5.34. The van der Waals surface area contributed by atoms with Crippen LogP contribution in [0, 0.1) is 10.1 Å². The van der Waals surface area contributed by atoms with E-state index in [-0.39, 0.29) is 22.5 Å². The molecule has 2 atom stereocenters. The summed E-state index contributed by atoms with van der Waals surface area (Å²) in [5.74, 6) is -3.72. The molecular weight excluding hydrogens is 386 g/mol. The molecule has 0 aliphatic heterocycles. The van der Waals surface area contributed by atoms with Crippen LogP contribution in [-0.2, 0) is 9.59 Å². The second-order valence-corrected chi connectivity index (χ2v) is 5.86. The number of nitrogens with one attached hydrogen (secondary N) is 2. The first kappa shape index (κ1) is 21.5. The zero-order chi connectivity index (χ0) is 21.6. The molecule has 0 fully saturated rings. The van der Waals surface area contributed by atoms with Gasteiger partial charge in [0.05, 0.1) is 28.8 Å². The van der Waals surface area contributed by atoms with Crippen LogP contribution in [0.4, 0.5) is 11.4 Å². The number of non-ortho nitro benzene ring substituents is 1. The highest BCUT2D eigenvalue weighted by Gasteiger charge is 2.26. The summed E-state index contributed by atoms with van der Waals surface area (Å²) in [7, 11) is 0. The van der Waals surface area contributed by atoms with Gasteiger partial charge in [-0.05, 0) is 29.8 Å². The van der Waals surface area contributed by atoms with Gasteiger partial charge in [0.15, 0.2) is 0 Å². The van der Waals surface area contributed by atoms with E-state index in [1.807, 2.05) is 0 Å². The minimum Gasteiger partial charge on any atom is -0.478 e. The van der Waals surface area contributed by atoms with E-state index in [2.05, 4.69) is 10.6 Å². The maximum atomic E-state index is 12.1. The number of nitro benzene ring substituents is 1. The molecule has 0 heterocycles. The van der Waals surface area contributed by atoms with Crippen LogP contribution >= 0.6 is 0 Å². The summed E-state index contributed by atoms with van der Waals surface area (Å²) in [6.07, 6.45) is -1.45. The molecule has 0 saturated heterocycles. The number of amides is 2. The summed E-state index contributed by atoms with van der Waals surface area (Å²) >= 11 is 0. The van der Waals surface area contributed by atoms with E-state index in [0.717, 1.165) is 12.1 Å². The number of hydrogen-bond donors (Lipinski definition) is 5. The first-order valence-electron chi connectivity index (χ1n) is 8.22. The van der Waals surface area contributed by atoms with Crippen molar-refractivity contribution in [3.63, 3.8) is 0 Å². The molecule has 0 saturated carbocycles. The van der Waals surface area contributed by atoms with Gasteiger partial charge in [-0.15, -0.1) is 0 Å². The predicted molar refractivity (Wildman–Crippen MR) is 99.1 cm³/mol. The maximum absolute atomic E-state index is 12.1. The number of carbonyl (C=O) groups excluding carboxylic acids is 2. The van der Waals surface area contributed by atoms with E-state index < -0.39 is 41.5 Å². The Morgan fingerprint density at radius 2 is 1.66 bits per heavy atom. The van der Waals surface area contributed by atoms with Crippen molar-refractivity contribution in [3.05, 3.63) is 69.8 Å². The fourth-order valence-electron chi connectivity index (χ4n) is 2.44. The predicted octanol–water partition coefficient (Wildman–Crippen LogP) is 0.442. The molecule has 0 aliphatic rings. The number of aliphatic hydroxyl groups excluding tert-OH is 2. The highest BCUT2D eigenvalue weighted by atomic mass is 16.6. The SMILES string of the molecule is O=C(Nc1ccccc1C(=O)O)C(=O)N[C@H](CO)[C@H](O)c1ccc([N+](=O)[O-])cc1. The molecule has 0 spiro atoms. The number of anilines is 1. The molecular formula is C18H17N3O8. The Morgan fingerprint density at radius 1 is 1.03 bits per heavy atom. The van der Waals surface area contributed by atoms with Gasteiger partial charge in [-0.2, -0.15) is 0 Å². The molecule has 0 aromatic heterocycles. The summed E-state index contributed by atoms with van der Waals surface area (Å²) in [5, 5.41) is 43.8. The largest absolute Gasteiger partial charge is 0.478 e. The monoisotopic (exact) mass is 403 g/mol. The van der Waals surface area contributed by atoms with Crippen molar-refractivity contribution in [3.8, 4) is 0 Å². The highest BCUT2D eigenvalue weighted by molar-refractivity contribution is 6.40. The molecule has 2 aromatic carbocycles. The minimum atomic E-state index is -1.45. The van der Waals surface area contributed by atoms with Gasteiger partial charge in [-0.3, -0.25) is 19.7 Å². The van der Waals surface area contributed by atoms with Gasteiger partial charge >= 0.3 is 17.8 Å². The van der Waals surface area contributed by atoms with Crippen LogP contribution in [0.1, 0.15) is 22.0 Å². The summed E-state index contributed by atoms with van der Waals surface area (Å²) in [6.45, 7) is -0.733. The Bertz CT molecular complexity index is 929. The van der Waals surface area contributed by atoms with Crippen molar-refractivity contribution in [2.45, 2.75) is 12.1 Å². The van der Waals surface area contributed by atoms with Gasteiger partial charge in [-0.1, -0.05) is 12.1 Å². The molecule has 0 bridgehead atoms. The van der Waals surface area contributed by atoms with E-state index in [4.69, 9.17) is 5.11 Å². The first-order chi connectivity index (χ1) is 13.7. The molecule has 29 heavy (non-hydrogen) atoms. The molecule has 11 nitrogen and oxygen atoms in total. The van der Waals surface area contributed by atoms with Crippen molar-refractivity contribution >= 4 is 29.2 Å². The van der Waals surface area contributed by atoms with Crippen LogP contribution < -0.4 is 10.6 Å². The molecule has 2 rings (SSSR count). The number of nitro groups is 1. The molecule has 0 aliphatic carbocycles. The summed E-state index contributed by atoms with van der Waals surface area (Å²) in [4.78, 5) is 45.4. The Kier molecular flexibility index (Phi) is 6.95. The summed E-state index contributed by atoms with van der Waals surface area (Å²) in [6, 6.07) is 8.95. The lowest BCUT2D eigenvalue weighted by molar-refractivity contribution is -0.384. The van der Waals surface area contributed by atoms with Crippen LogP contribution in [0.2, 0.25) is 0 Å². The van der Waals surface area contributed by atoms with Gasteiger partial charge in [0, 0.05) is 12.1 Å². The van der Waals surface area contributed by atoms with E-state index in [1.54, 1.807) is 0 Å². The minimum absolute atomic E-state index is 0.100. The van der Waals surface area contributed by atoms with Gasteiger partial charge in [0.2, 0.25) is 0 Å². The number of rotatable bonds is 7. The van der Waals surface area contributed by atoms with Crippen LogP contribution in [-0.4, -0.2) is 50.7 Å². The Hall–Kier alpha value is -3.83. The molecule has 2 amide bonds. The molecule has 11 heteroatoms. The van der Waals surface area contributed by atoms with Crippen molar-refractivity contribution in [1.29, 1.82) is 0 Å². The van der Waals surface area contributed by atoms with Crippen LogP contribution in [0.15, 0.2) is 48.5 Å². The van der Waals surface area contributed by atoms with Crippen molar-refractivity contribution in [2.75, 3.05) is 11.9 Å². The van der Waals surface area contributed by atoms with Crippen molar-refractivity contribution < 1.29 is 34.6 Å².